The zero-order valence-corrected chi connectivity index (χ0v) is 8.40. The fourth-order valence-corrected chi connectivity index (χ4v) is 1.44. The fraction of sp³-hybridized carbons (Fsp3) is 0.545. The van der Waals surface area contributed by atoms with Crippen molar-refractivity contribution in [2.75, 3.05) is 19.8 Å². The number of hydrogen-bond donors (Lipinski definition) is 0. The number of pyridine rings is 1. The smallest absolute Gasteiger partial charge is 0.213 e. The molecule has 0 radical (unpaired) electrons. The summed E-state index contributed by atoms with van der Waals surface area (Å²) in [6.07, 6.45) is 2.84. The van der Waals surface area contributed by atoms with E-state index in [0.29, 0.717) is 12.5 Å². The minimum atomic E-state index is 0.234. The van der Waals surface area contributed by atoms with Crippen molar-refractivity contribution in [1.29, 1.82) is 0 Å². The average molecular weight is 193 g/mol. The lowest BCUT2D eigenvalue weighted by molar-refractivity contribution is -0.133. The van der Waals surface area contributed by atoms with Crippen LogP contribution in [0.3, 0.4) is 0 Å². The van der Waals surface area contributed by atoms with E-state index in [2.05, 4.69) is 11.9 Å². The molecule has 0 spiro atoms. The molecule has 0 atom stereocenters. The molecule has 1 saturated heterocycles. The summed E-state index contributed by atoms with van der Waals surface area (Å²) >= 11 is 0. The van der Waals surface area contributed by atoms with Gasteiger partial charge in [-0.3, -0.25) is 0 Å². The van der Waals surface area contributed by atoms with Crippen molar-refractivity contribution >= 4 is 0 Å². The van der Waals surface area contributed by atoms with Crippen molar-refractivity contribution < 1.29 is 9.47 Å². The van der Waals surface area contributed by atoms with E-state index in [1.165, 1.54) is 0 Å². The monoisotopic (exact) mass is 193 g/mol. The zero-order valence-electron chi connectivity index (χ0n) is 8.40. The maximum atomic E-state index is 5.61. The van der Waals surface area contributed by atoms with E-state index in [0.717, 1.165) is 19.6 Å². The van der Waals surface area contributed by atoms with E-state index < -0.39 is 0 Å². The molecule has 76 valence electrons. The molecule has 14 heavy (non-hydrogen) atoms. The second kappa shape index (κ2) is 3.96. The third-order valence-electron chi connectivity index (χ3n) is 2.73. The topological polar surface area (TPSA) is 31.4 Å². The molecule has 3 heteroatoms. The van der Waals surface area contributed by atoms with Crippen molar-refractivity contribution in [2.45, 2.75) is 13.3 Å². The lowest BCUT2D eigenvalue weighted by atomic mass is 9.84. The number of hydrogen-bond acceptors (Lipinski definition) is 3. The standard InChI is InChI=1S/C11H15NO2/c1-2-11(7-13-8-11)9-14-10-5-3-4-6-12-10/h3-6H,2,7-9H2,1H3. The van der Waals surface area contributed by atoms with Crippen LogP contribution in [0.5, 0.6) is 5.88 Å². The second-order valence-electron chi connectivity index (χ2n) is 3.80. The lowest BCUT2D eigenvalue weighted by Gasteiger charge is -2.40. The summed E-state index contributed by atoms with van der Waals surface area (Å²) in [5.41, 5.74) is 0.234. The third kappa shape index (κ3) is 1.87. The molecule has 1 fully saturated rings. The largest absolute Gasteiger partial charge is 0.477 e. The van der Waals surface area contributed by atoms with Gasteiger partial charge in [-0.2, -0.15) is 0 Å². The second-order valence-corrected chi connectivity index (χ2v) is 3.80. The molecule has 0 saturated carbocycles. The van der Waals surface area contributed by atoms with Crippen molar-refractivity contribution in [3.63, 3.8) is 0 Å². The van der Waals surface area contributed by atoms with Crippen LogP contribution in [0, 0.1) is 5.41 Å². The van der Waals surface area contributed by atoms with E-state index >= 15 is 0 Å². The predicted octanol–water partition coefficient (Wildman–Crippen LogP) is 1.89. The molecule has 0 aliphatic carbocycles. The van der Waals surface area contributed by atoms with Crippen LogP contribution in [0.1, 0.15) is 13.3 Å². The van der Waals surface area contributed by atoms with Crippen LogP contribution >= 0.6 is 0 Å². The normalized spacial score (nSPS) is 18.6. The van der Waals surface area contributed by atoms with Gasteiger partial charge < -0.3 is 9.47 Å². The van der Waals surface area contributed by atoms with E-state index in [1.54, 1.807) is 6.20 Å². The number of nitrogens with zero attached hydrogens (tertiary/aromatic N) is 1. The minimum Gasteiger partial charge on any atom is -0.477 e. The highest BCUT2D eigenvalue weighted by Crippen LogP contribution is 2.31. The maximum Gasteiger partial charge on any atom is 0.213 e. The van der Waals surface area contributed by atoms with Crippen LogP contribution in [-0.4, -0.2) is 24.8 Å². The van der Waals surface area contributed by atoms with Crippen LogP contribution in [0.2, 0.25) is 0 Å². The molecule has 0 aromatic carbocycles. The van der Waals surface area contributed by atoms with Gasteiger partial charge in [-0.15, -0.1) is 0 Å². The van der Waals surface area contributed by atoms with Gasteiger partial charge in [-0.05, 0) is 12.5 Å². The van der Waals surface area contributed by atoms with Gasteiger partial charge >= 0.3 is 0 Å². The molecule has 1 aromatic heterocycles. The molecule has 1 aliphatic heterocycles. The summed E-state index contributed by atoms with van der Waals surface area (Å²) in [6.45, 7) is 4.51. The van der Waals surface area contributed by atoms with Gasteiger partial charge in [0, 0.05) is 12.3 Å². The lowest BCUT2D eigenvalue weighted by Crippen LogP contribution is -2.46. The molecule has 1 aliphatic rings. The number of rotatable bonds is 4. The molecular formula is C11H15NO2. The molecular weight excluding hydrogens is 178 g/mol. The predicted molar refractivity (Wildman–Crippen MR) is 53.3 cm³/mol. The Morgan fingerprint density at radius 1 is 1.50 bits per heavy atom. The summed E-state index contributed by atoms with van der Waals surface area (Å²) in [7, 11) is 0. The minimum absolute atomic E-state index is 0.234. The summed E-state index contributed by atoms with van der Waals surface area (Å²) in [6, 6.07) is 5.69. The van der Waals surface area contributed by atoms with Gasteiger partial charge in [0.15, 0.2) is 0 Å². The summed E-state index contributed by atoms with van der Waals surface area (Å²) in [5, 5.41) is 0. The Morgan fingerprint density at radius 2 is 2.36 bits per heavy atom. The molecule has 1 aromatic rings. The first-order valence-corrected chi connectivity index (χ1v) is 4.96. The first kappa shape index (κ1) is 9.46. The first-order valence-electron chi connectivity index (χ1n) is 4.96. The van der Waals surface area contributed by atoms with E-state index in [1.807, 2.05) is 18.2 Å². The van der Waals surface area contributed by atoms with Crippen molar-refractivity contribution in [3.05, 3.63) is 24.4 Å². The summed E-state index contributed by atoms with van der Waals surface area (Å²) in [5.74, 6) is 0.701. The van der Waals surface area contributed by atoms with Crippen LogP contribution in [0.25, 0.3) is 0 Å². The Hall–Kier alpha value is -1.09. The summed E-state index contributed by atoms with van der Waals surface area (Å²) < 4.78 is 10.8. The van der Waals surface area contributed by atoms with Crippen molar-refractivity contribution in [3.8, 4) is 5.88 Å². The van der Waals surface area contributed by atoms with Crippen LogP contribution < -0.4 is 4.74 Å². The number of ether oxygens (including phenoxy) is 2. The SMILES string of the molecule is CCC1(COc2ccccn2)COC1. The Kier molecular flexibility index (Phi) is 2.68. The van der Waals surface area contributed by atoms with Gasteiger partial charge in [-0.1, -0.05) is 13.0 Å². The van der Waals surface area contributed by atoms with Gasteiger partial charge in [0.25, 0.3) is 0 Å². The van der Waals surface area contributed by atoms with E-state index in [-0.39, 0.29) is 5.41 Å². The van der Waals surface area contributed by atoms with Crippen molar-refractivity contribution in [2.24, 2.45) is 5.41 Å². The molecule has 2 heterocycles. The molecule has 0 N–H and O–H groups in total. The quantitative estimate of drug-likeness (QED) is 0.731. The van der Waals surface area contributed by atoms with Gasteiger partial charge in [-0.25, -0.2) is 4.98 Å². The van der Waals surface area contributed by atoms with Gasteiger partial charge in [0.2, 0.25) is 5.88 Å². The molecule has 0 bridgehead atoms. The molecule has 2 rings (SSSR count). The van der Waals surface area contributed by atoms with Crippen LogP contribution in [0.15, 0.2) is 24.4 Å². The highest BCUT2D eigenvalue weighted by molar-refractivity contribution is 5.09. The number of aromatic nitrogens is 1. The van der Waals surface area contributed by atoms with Gasteiger partial charge in [0.1, 0.15) is 0 Å². The summed E-state index contributed by atoms with van der Waals surface area (Å²) in [4.78, 5) is 4.11. The maximum absolute atomic E-state index is 5.61. The Morgan fingerprint density at radius 3 is 2.86 bits per heavy atom. The fourth-order valence-electron chi connectivity index (χ4n) is 1.44. The highest BCUT2D eigenvalue weighted by atomic mass is 16.5. The Bertz CT molecular complexity index is 277. The highest BCUT2D eigenvalue weighted by Gasteiger charge is 2.37. The first-order chi connectivity index (χ1) is 6.85. The van der Waals surface area contributed by atoms with E-state index in [4.69, 9.17) is 9.47 Å². The average Bonchev–Trinajstić information content (AvgIpc) is 2.19. The molecule has 0 unspecified atom stereocenters. The van der Waals surface area contributed by atoms with Gasteiger partial charge in [0.05, 0.1) is 25.2 Å². The van der Waals surface area contributed by atoms with Crippen molar-refractivity contribution in [1.82, 2.24) is 4.98 Å². The zero-order chi connectivity index (χ0) is 9.86. The molecule has 0 amide bonds. The molecule has 3 nitrogen and oxygen atoms in total. The Balaban J connectivity index is 1.88. The van der Waals surface area contributed by atoms with E-state index in [9.17, 15) is 0 Å². The van der Waals surface area contributed by atoms with Crippen LogP contribution in [-0.2, 0) is 4.74 Å². The third-order valence-corrected chi connectivity index (χ3v) is 2.73. The Labute approximate surface area is 84.1 Å². The van der Waals surface area contributed by atoms with Crippen LogP contribution in [0.4, 0.5) is 0 Å².